The van der Waals surface area contributed by atoms with Crippen LogP contribution in [0.25, 0.3) is 6.08 Å². The van der Waals surface area contributed by atoms with Gasteiger partial charge in [-0.1, -0.05) is 6.07 Å². The number of likely N-dealkylation sites (tertiary alicyclic amines) is 1. The van der Waals surface area contributed by atoms with E-state index in [0.29, 0.717) is 11.3 Å². The quantitative estimate of drug-likeness (QED) is 0.730. The number of anilines is 1. The third kappa shape index (κ3) is 4.38. The maximum Gasteiger partial charge on any atom is 0.254 e. The molecule has 1 aliphatic rings. The van der Waals surface area contributed by atoms with Crippen molar-refractivity contribution < 1.29 is 9.59 Å². The Morgan fingerprint density at radius 1 is 1.20 bits per heavy atom. The van der Waals surface area contributed by atoms with E-state index in [9.17, 15) is 9.59 Å². The van der Waals surface area contributed by atoms with Crippen LogP contribution >= 0.6 is 27.3 Å². The summed E-state index contributed by atoms with van der Waals surface area (Å²) in [4.78, 5) is 27.7. The van der Waals surface area contributed by atoms with E-state index in [1.54, 1.807) is 17.4 Å². The van der Waals surface area contributed by atoms with Crippen LogP contribution in [0.15, 0.2) is 40.2 Å². The van der Waals surface area contributed by atoms with Crippen molar-refractivity contribution in [2.75, 3.05) is 18.4 Å². The number of thiophene rings is 1. The molecule has 1 aromatic heterocycles. The Morgan fingerprint density at radius 3 is 2.64 bits per heavy atom. The molecule has 1 N–H and O–H groups in total. The molecule has 1 aliphatic heterocycles. The highest BCUT2D eigenvalue weighted by Crippen LogP contribution is 2.24. The topological polar surface area (TPSA) is 49.4 Å². The second-order valence-electron chi connectivity index (χ2n) is 5.94. The maximum absolute atomic E-state index is 12.6. The van der Waals surface area contributed by atoms with E-state index in [-0.39, 0.29) is 11.8 Å². The van der Waals surface area contributed by atoms with E-state index in [2.05, 4.69) is 21.2 Å². The molecule has 2 heterocycles. The molecular weight excluding hydrogens is 400 g/mol. The van der Waals surface area contributed by atoms with Gasteiger partial charge in [-0.05, 0) is 71.6 Å². The van der Waals surface area contributed by atoms with E-state index in [1.807, 2.05) is 42.2 Å². The SMILES string of the molecule is Cc1c(NC(=O)/C=C/c2ccc(Br)s2)cccc1C(=O)N1CCCC1. The maximum atomic E-state index is 12.6. The first-order valence-corrected chi connectivity index (χ1v) is 9.79. The molecule has 0 radical (unpaired) electrons. The molecule has 6 heteroatoms. The smallest absolute Gasteiger partial charge is 0.254 e. The van der Waals surface area contributed by atoms with Crippen LogP contribution in [-0.2, 0) is 4.79 Å². The molecule has 2 aromatic rings. The third-order valence-electron chi connectivity index (χ3n) is 4.21. The van der Waals surface area contributed by atoms with Crippen molar-refractivity contribution >= 4 is 50.8 Å². The van der Waals surface area contributed by atoms with Crippen molar-refractivity contribution in [3.8, 4) is 0 Å². The molecule has 0 aliphatic carbocycles. The van der Waals surface area contributed by atoms with E-state index in [4.69, 9.17) is 0 Å². The molecular formula is C19H19BrN2O2S. The highest BCUT2D eigenvalue weighted by atomic mass is 79.9. The molecule has 0 atom stereocenters. The summed E-state index contributed by atoms with van der Waals surface area (Å²) in [6.07, 6.45) is 5.40. The first kappa shape index (κ1) is 17.9. The van der Waals surface area contributed by atoms with Crippen molar-refractivity contribution in [1.82, 2.24) is 4.90 Å². The Kier molecular flexibility index (Phi) is 5.71. The fourth-order valence-electron chi connectivity index (χ4n) is 2.84. The predicted molar refractivity (Wildman–Crippen MR) is 106 cm³/mol. The summed E-state index contributed by atoms with van der Waals surface area (Å²) in [6.45, 7) is 3.50. The van der Waals surface area contributed by atoms with Crippen LogP contribution < -0.4 is 5.32 Å². The molecule has 2 amide bonds. The minimum Gasteiger partial charge on any atom is -0.339 e. The highest BCUT2D eigenvalue weighted by molar-refractivity contribution is 9.11. The Balaban J connectivity index is 1.72. The van der Waals surface area contributed by atoms with Crippen LogP contribution in [-0.4, -0.2) is 29.8 Å². The Hall–Kier alpha value is -1.92. The number of carbonyl (C=O) groups is 2. The first-order chi connectivity index (χ1) is 12.0. The van der Waals surface area contributed by atoms with Gasteiger partial charge in [-0.25, -0.2) is 0 Å². The lowest BCUT2D eigenvalue weighted by molar-refractivity contribution is -0.111. The van der Waals surface area contributed by atoms with Crippen LogP contribution in [0, 0.1) is 6.92 Å². The monoisotopic (exact) mass is 418 g/mol. The van der Waals surface area contributed by atoms with Gasteiger partial charge in [-0.15, -0.1) is 11.3 Å². The second kappa shape index (κ2) is 7.97. The van der Waals surface area contributed by atoms with Crippen LogP contribution in [0.5, 0.6) is 0 Å². The zero-order valence-corrected chi connectivity index (χ0v) is 16.3. The molecule has 0 unspecified atom stereocenters. The number of hydrogen-bond donors (Lipinski definition) is 1. The van der Waals surface area contributed by atoms with Gasteiger partial charge in [0.15, 0.2) is 0 Å². The summed E-state index contributed by atoms with van der Waals surface area (Å²) in [6, 6.07) is 9.35. The van der Waals surface area contributed by atoms with Gasteiger partial charge in [0.1, 0.15) is 0 Å². The van der Waals surface area contributed by atoms with Gasteiger partial charge < -0.3 is 10.2 Å². The van der Waals surface area contributed by atoms with Crippen molar-refractivity contribution in [2.24, 2.45) is 0 Å². The summed E-state index contributed by atoms with van der Waals surface area (Å²) in [5.41, 5.74) is 2.14. The molecule has 3 rings (SSSR count). The van der Waals surface area contributed by atoms with Crippen LogP contribution in [0.4, 0.5) is 5.69 Å². The number of benzene rings is 1. The lowest BCUT2D eigenvalue weighted by Crippen LogP contribution is -2.28. The second-order valence-corrected chi connectivity index (χ2v) is 8.44. The largest absolute Gasteiger partial charge is 0.339 e. The molecule has 25 heavy (non-hydrogen) atoms. The number of nitrogens with one attached hydrogen (secondary N) is 1. The summed E-state index contributed by atoms with van der Waals surface area (Å²) in [5.74, 6) is -0.163. The number of hydrogen-bond acceptors (Lipinski definition) is 3. The summed E-state index contributed by atoms with van der Waals surface area (Å²) in [5, 5.41) is 2.87. The van der Waals surface area contributed by atoms with Crippen LogP contribution in [0.1, 0.15) is 33.6 Å². The molecule has 0 saturated carbocycles. The summed E-state index contributed by atoms with van der Waals surface area (Å²) in [7, 11) is 0. The third-order valence-corrected chi connectivity index (χ3v) is 5.80. The van der Waals surface area contributed by atoms with E-state index in [0.717, 1.165) is 40.2 Å². The van der Waals surface area contributed by atoms with E-state index < -0.39 is 0 Å². The molecule has 1 aromatic carbocycles. The first-order valence-electron chi connectivity index (χ1n) is 8.18. The van der Waals surface area contributed by atoms with Gasteiger partial charge in [0.25, 0.3) is 5.91 Å². The van der Waals surface area contributed by atoms with Gasteiger partial charge in [-0.3, -0.25) is 9.59 Å². The molecule has 1 saturated heterocycles. The minimum absolute atomic E-state index is 0.0464. The standard InChI is InChI=1S/C19H19BrN2O2S/c1-13-15(19(24)22-11-2-3-12-22)5-4-6-16(13)21-18(23)10-8-14-7-9-17(20)25-14/h4-10H,2-3,11-12H2,1H3,(H,21,23)/b10-8+. The number of halogens is 1. The molecule has 130 valence electrons. The average molecular weight is 419 g/mol. The van der Waals surface area contributed by atoms with E-state index in [1.165, 1.54) is 6.08 Å². The Morgan fingerprint density at radius 2 is 1.96 bits per heavy atom. The van der Waals surface area contributed by atoms with Crippen molar-refractivity contribution in [2.45, 2.75) is 19.8 Å². The van der Waals surface area contributed by atoms with Crippen molar-refractivity contribution in [3.63, 3.8) is 0 Å². The number of amides is 2. The van der Waals surface area contributed by atoms with Crippen molar-refractivity contribution in [3.05, 3.63) is 56.2 Å². The fourth-order valence-corrected chi connectivity index (χ4v) is 4.17. The van der Waals surface area contributed by atoms with Gasteiger partial charge >= 0.3 is 0 Å². The zero-order valence-electron chi connectivity index (χ0n) is 13.9. The Labute approximate surface area is 159 Å². The van der Waals surface area contributed by atoms with Crippen LogP contribution in [0.3, 0.4) is 0 Å². The number of nitrogens with zero attached hydrogens (tertiary/aromatic N) is 1. The Bertz CT molecular complexity index is 823. The molecule has 0 spiro atoms. The van der Waals surface area contributed by atoms with Crippen molar-refractivity contribution in [1.29, 1.82) is 0 Å². The lowest BCUT2D eigenvalue weighted by atomic mass is 10.1. The van der Waals surface area contributed by atoms with Gasteiger partial charge in [0.2, 0.25) is 5.91 Å². The zero-order chi connectivity index (χ0) is 17.8. The molecule has 0 bridgehead atoms. The lowest BCUT2D eigenvalue weighted by Gasteiger charge is -2.18. The van der Waals surface area contributed by atoms with Gasteiger partial charge in [0, 0.05) is 35.3 Å². The summed E-state index contributed by atoms with van der Waals surface area (Å²) < 4.78 is 1.02. The highest BCUT2D eigenvalue weighted by Gasteiger charge is 2.21. The average Bonchev–Trinajstić information content (AvgIpc) is 3.26. The number of carbonyl (C=O) groups excluding carboxylic acids is 2. The molecule has 1 fully saturated rings. The normalized spacial score (nSPS) is 14.2. The minimum atomic E-state index is -0.210. The summed E-state index contributed by atoms with van der Waals surface area (Å²) >= 11 is 4.96. The van der Waals surface area contributed by atoms with Crippen LogP contribution in [0.2, 0.25) is 0 Å². The van der Waals surface area contributed by atoms with E-state index >= 15 is 0 Å². The van der Waals surface area contributed by atoms with Gasteiger partial charge in [0.05, 0.1) is 3.79 Å². The predicted octanol–water partition coefficient (Wildman–Crippen LogP) is 4.71. The van der Waals surface area contributed by atoms with Gasteiger partial charge in [-0.2, -0.15) is 0 Å². The number of rotatable bonds is 4. The fraction of sp³-hybridized carbons (Fsp3) is 0.263. The molecule has 4 nitrogen and oxygen atoms in total.